The number of hydrogen-bond donors (Lipinski definition) is 4. The Balaban J connectivity index is 1.56. The zero-order valence-electron chi connectivity index (χ0n) is 17.0. The summed E-state index contributed by atoms with van der Waals surface area (Å²) in [5.74, 6) is 0.626. The van der Waals surface area contributed by atoms with E-state index < -0.39 is 0 Å². The molecule has 8 nitrogen and oxygen atoms in total. The van der Waals surface area contributed by atoms with Crippen molar-refractivity contribution in [3.8, 4) is 17.0 Å². The molecule has 29 heavy (non-hydrogen) atoms. The number of nitrogens with zero attached hydrogens (tertiary/aromatic N) is 4. The highest BCUT2D eigenvalue weighted by atomic mass is 16.3. The Hall–Kier alpha value is -3.00. The van der Waals surface area contributed by atoms with Gasteiger partial charge in [0.2, 0.25) is 0 Å². The van der Waals surface area contributed by atoms with Gasteiger partial charge in [0.1, 0.15) is 5.75 Å². The summed E-state index contributed by atoms with van der Waals surface area (Å²) in [5, 5.41) is 25.0. The summed E-state index contributed by atoms with van der Waals surface area (Å²) in [5.41, 5.74) is 9.59. The minimum absolute atomic E-state index is 0.193. The first-order valence-electron chi connectivity index (χ1n) is 10.1. The van der Waals surface area contributed by atoms with Gasteiger partial charge in [-0.05, 0) is 31.0 Å². The molecule has 0 amide bonds. The fourth-order valence-corrected chi connectivity index (χ4v) is 4.48. The monoisotopic (exact) mass is 395 g/mol. The number of nitrogen functional groups attached to an aromatic ring is 1. The molecule has 2 unspecified atom stereocenters. The number of hydrogen-bond acceptors (Lipinski definition) is 8. The highest BCUT2D eigenvalue weighted by Crippen LogP contribution is 2.36. The summed E-state index contributed by atoms with van der Waals surface area (Å²) in [6.45, 7) is 2.72. The number of fused-ring (bicyclic) bond motifs is 2. The van der Waals surface area contributed by atoms with Gasteiger partial charge in [-0.1, -0.05) is 12.1 Å². The largest absolute Gasteiger partial charge is 0.507 e. The molecule has 1 aromatic heterocycles. The van der Waals surface area contributed by atoms with Gasteiger partial charge in [-0.2, -0.15) is 0 Å². The van der Waals surface area contributed by atoms with Crippen molar-refractivity contribution in [1.29, 1.82) is 0 Å². The van der Waals surface area contributed by atoms with Crippen LogP contribution in [-0.4, -0.2) is 66.0 Å². The third-order valence-electron chi connectivity index (χ3n) is 5.95. The van der Waals surface area contributed by atoms with Gasteiger partial charge >= 0.3 is 0 Å². The molecule has 2 bridgehead atoms. The summed E-state index contributed by atoms with van der Waals surface area (Å²) in [6, 6.07) is 10.1. The third kappa shape index (κ3) is 3.80. The number of nitrogens with two attached hydrogens (primary N) is 1. The van der Waals surface area contributed by atoms with E-state index in [0.717, 1.165) is 25.3 Å². The first-order valence-corrected chi connectivity index (χ1v) is 10.1. The van der Waals surface area contributed by atoms with E-state index >= 15 is 0 Å². The van der Waals surface area contributed by atoms with E-state index in [9.17, 15) is 5.11 Å². The predicted molar refractivity (Wildman–Crippen MR) is 115 cm³/mol. The van der Waals surface area contributed by atoms with Crippen LogP contribution in [0.5, 0.6) is 5.75 Å². The smallest absolute Gasteiger partial charge is 0.169 e. The van der Waals surface area contributed by atoms with Crippen LogP contribution in [-0.2, 0) is 0 Å². The quantitative estimate of drug-likeness (QED) is 0.582. The molecule has 3 heterocycles. The van der Waals surface area contributed by atoms with Gasteiger partial charge in [0.05, 0.1) is 11.4 Å². The molecule has 2 aromatic rings. The second-order valence-corrected chi connectivity index (χ2v) is 7.69. The summed E-state index contributed by atoms with van der Waals surface area (Å²) in [6.07, 6.45) is 4.39. The van der Waals surface area contributed by atoms with Gasteiger partial charge < -0.3 is 26.4 Å². The molecule has 2 aliphatic rings. The Morgan fingerprint density at radius 1 is 1.21 bits per heavy atom. The molecular weight excluding hydrogens is 366 g/mol. The highest BCUT2D eigenvalue weighted by molar-refractivity contribution is 5.74. The summed E-state index contributed by atoms with van der Waals surface area (Å²) >= 11 is 0. The summed E-state index contributed by atoms with van der Waals surface area (Å²) in [7, 11) is 3.89. The Labute approximate surface area is 171 Å². The van der Waals surface area contributed by atoms with E-state index in [0.29, 0.717) is 29.2 Å². The number of phenolic OH excluding ortho intramolecular Hbond substituents is 1. The van der Waals surface area contributed by atoms with E-state index in [-0.39, 0.29) is 5.75 Å². The van der Waals surface area contributed by atoms with Gasteiger partial charge in [-0.15, -0.1) is 10.2 Å². The lowest BCUT2D eigenvalue weighted by molar-refractivity contribution is 0.182. The van der Waals surface area contributed by atoms with Crippen molar-refractivity contribution in [2.24, 2.45) is 0 Å². The second-order valence-electron chi connectivity index (χ2n) is 7.69. The molecule has 154 valence electrons. The number of phenols is 1. The van der Waals surface area contributed by atoms with Crippen LogP contribution in [0, 0.1) is 0 Å². The summed E-state index contributed by atoms with van der Waals surface area (Å²) < 4.78 is 0. The average molecular weight is 396 g/mol. The van der Waals surface area contributed by atoms with Crippen LogP contribution in [0.1, 0.15) is 12.8 Å². The molecule has 4 rings (SSSR count). The van der Waals surface area contributed by atoms with Crippen molar-refractivity contribution < 1.29 is 5.11 Å². The Bertz CT molecular complexity index is 886. The lowest BCUT2D eigenvalue weighted by Crippen LogP contribution is -2.55. The average Bonchev–Trinajstić information content (AvgIpc) is 2.95. The van der Waals surface area contributed by atoms with Crippen LogP contribution < -0.4 is 21.3 Å². The Morgan fingerprint density at radius 3 is 2.59 bits per heavy atom. The first kappa shape index (κ1) is 19.3. The number of aromatic hydroxyl groups is 1. The van der Waals surface area contributed by atoms with Gasteiger partial charge in [0.25, 0.3) is 0 Å². The molecule has 2 aliphatic heterocycles. The predicted octanol–water partition coefficient (Wildman–Crippen LogP) is 1.36. The number of aromatic nitrogens is 2. The van der Waals surface area contributed by atoms with Crippen molar-refractivity contribution >= 4 is 11.5 Å². The SMILES string of the molecule is CN/C=C(/CN1C2CCC1CN(c1cc(-c3ccccc3O)nnc1N)C2)NC. The molecule has 0 saturated carbocycles. The van der Waals surface area contributed by atoms with Crippen LogP contribution >= 0.6 is 0 Å². The number of piperazine rings is 1. The molecule has 1 aromatic carbocycles. The van der Waals surface area contributed by atoms with Crippen molar-refractivity contribution in [3.63, 3.8) is 0 Å². The molecular formula is C21H29N7O. The van der Waals surface area contributed by atoms with Gasteiger partial charge in [0.15, 0.2) is 5.82 Å². The van der Waals surface area contributed by atoms with Crippen LogP contribution in [0.15, 0.2) is 42.2 Å². The highest BCUT2D eigenvalue weighted by Gasteiger charge is 2.40. The van der Waals surface area contributed by atoms with Crippen LogP contribution in [0.25, 0.3) is 11.3 Å². The molecule has 2 fully saturated rings. The molecule has 5 N–H and O–H groups in total. The summed E-state index contributed by atoms with van der Waals surface area (Å²) in [4.78, 5) is 4.91. The number of anilines is 2. The molecule has 8 heteroatoms. The number of rotatable bonds is 6. The maximum atomic E-state index is 10.2. The minimum atomic E-state index is 0.193. The topological polar surface area (TPSA) is 103 Å². The maximum Gasteiger partial charge on any atom is 0.169 e. The van der Waals surface area contributed by atoms with Crippen LogP contribution in [0.4, 0.5) is 11.5 Å². The minimum Gasteiger partial charge on any atom is -0.507 e. The number of benzene rings is 1. The van der Waals surface area contributed by atoms with Crippen LogP contribution in [0.2, 0.25) is 0 Å². The molecule has 0 radical (unpaired) electrons. The number of para-hydroxylation sites is 1. The van der Waals surface area contributed by atoms with E-state index in [4.69, 9.17) is 5.73 Å². The zero-order chi connectivity index (χ0) is 20.4. The molecule has 0 aliphatic carbocycles. The van der Waals surface area contributed by atoms with Crippen molar-refractivity contribution in [2.45, 2.75) is 24.9 Å². The van der Waals surface area contributed by atoms with E-state index in [2.05, 4.69) is 30.6 Å². The molecule has 2 saturated heterocycles. The second kappa shape index (κ2) is 8.16. The Morgan fingerprint density at radius 2 is 1.93 bits per heavy atom. The number of likely N-dealkylation sites (N-methyl/N-ethyl adjacent to an activating group) is 1. The maximum absolute atomic E-state index is 10.2. The third-order valence-corrected chi connectivity index (χ3v) is 5.95. The van der Waals surface area contributed by atoms with Crippen LogP contribution in [0.3, 0.4) is 0 Å². The molecule has 0 spiro atoms. The van der Waals surface area contributed by atoms with Gasteiger partial charge in [-0.25, -0.2) is 0 Å². The molecule has 2 atom stereocenters. The lowest BCUT2D eigenvalue weighted by atomic mass is 10.1. The van der Waals surface area contributed by atoms with Gasteiger partial charge in [-0.3, -0.25) is 4.90 Å². The number of nitrogens with one attached hydrogen (secondary N) is 2. The standard InChI is InChI=1S/C21H29N7O/c1-23-10-14(24-2)11-28-15-7-8-16(28)13-27(12-15)19-9-18(25-26-21(19)22)17-5-3-4-6-20(17)29/h3-6,9-10,15-16,23-24,29H,7-8,11-13H2,1-2H3,(H2,22,26)/b14-10-. The first-order chi connectivity index (χ1) is 14.1. The van der Waals surface area contributed by atoms with Crippen molar-refractivity contribution in [2.75, 3.05) is 44.4 Å². The van der Waals surface area contributed by atoms with E-state index in [1.54, 1.807) is 12.1 Å². The van der Waals surface area contributed by atoms with Gasteiger partial charge in [0, 0.05) is 63.3 Å². The Kier molecular flexibility index (Phi) is 5.44. The normalized spacial score (nSPS) is 22.0. The van der Waals surface area contributed by atoms with E-state index in [1.165, 1.54) is 18.5 Å². The van der Waals surface area contributed by atoms with Crippen molar-refractivity contribution in [1.82, 2.24) is 25.7 Å². The fourth-order valence-electron chi connectivity index (χ4n) is 4.48. The zero-order valence-corrected chi connectivity index (χ0v) is 17.0. The lowest BCUT2D eigenvalue weighted by Gasteiger charge is -2.42. The van der Waals surface area contributed by atoms with Crippen molar-refractivity contribution in [3.05, 3.63) is 42.2 Å². The van der Waals surface area contributed by atoms with E-state index in [1.807, 2.05) is 38.5 Å². The fraction of sp³-hybridized carbons (Fsp3) is 0.429.